The molecule has 0 unspecified atom stereocenters. The van der Waals surface area contributed by atoms with Crippen molar-refractivity contribution >= 4 is 11.7 Å². The number of nitrogens with one attached hydrogen (secondary N) is 1. The molecule has 1 N–H and O–H groups in total. The molecule has 0 aliphatic carbocycles. The Morgan fingerprint density at radius 3 is 2.12 bits per heavy atom. The monoisotopic (exact) mass is 455 g/mol. The van der Waals surface area contributed by atoms with E-state index in [0.29, 0.717) is 6.04 Å². The summed E-state index contributed by atoms with van der Waals surface area (Å²) in [7, 11) is 0. The fraction of sp³-hybridized carbons (Fsp3) is 0.393. The van der Waals surface area contributed by atoms with Crippen LogP contribution in [0.4, 0.5) is 5.82 Å². The van der Waals surface area contributed by atoms with E-state index in [9.17, 15) is 4.79 Å². The lowest BCUT2D eigenvalue weighted by molar-refractivity contribution is -0.126. The fourth-order valence-electron chi connectivity index (χ4n) is 5.02. The van der Waals surface area contributed by atoms with Crippen molar-refractivity contribution in [3.63, 3.8) is 0 Å². The van der Waals surface area contributed by atoms with Crippen LogP contribution in [0.5, 0.6) is 0 Å². The first kappa shape index (κ1) is 22.5. The van der Waals surface area contributed by atoms with Crippen LogP contribution in [0.1, 0.15) is 31.2 Å². The van der Waals surface area contributed by atoms with Gasteiger partial charge in [0, 0.05) is 50.2 Å². The molecule has 0 spiro atoms. The summed E-state index contributed by atoms with van der Waals surface area (Å²) in [5.41, 5.74) is 3.31. The number of likely N-dealkylation sites (tertiary alicyclic amines) is 1. The normalized spacial score (nSPS) is 18.1. The Bertz CT molecular complexity index is 1040. The van der Waals surface area contributed by atoms with Crippen molar-refractivity contribution < 1.29 is 4.79 Å². The molecule has 2 aromatic carbocycles. The molecule has 2 fully saturated rings. The topological polar surface area (TPSA) is 61.4 Å². The van der Waals surface area contributed by atoms with Gasteiger partial charge >= 0.3 is 0 Å². The SMILES string of the molecule is O=C(NC1CCN(Cc2ccccc2)CC1)C1CCN(c2ccc(-c3ccccc3)nn2)CC1. The second-order valence-electron chi connectivity index (χ2n) is 9.45. The van der Waals surface area contributed by atoms with Crippen LogP contribution in [-0.4, -0.2) is 53.2 Å². The number of aromatic nitrogens is 2. The van der Waals surface area contributed by atoms with Gasteiger partial charge in [0.25, 0.3) is 0 Å². The van der Waals surface area contributed by atoms with E-state index in [1.54, 1.807) is 0 Å². The highest BCUT2D eigenvalue weighted by Gasteiger charge is 2.28. The van der Waals surface area contributed by atoms with E-state index < -0.39 is 0 Å². The van der Waals surface area contributed by atoms with Gasteiger partial charge in [-0.1, -0.05) is 60.7 Å². The van der Waals surface area contributed by atoms with Crippen LogP contribution in [0.3, 0.4) is 0 Å². The number of carbonyl (C=O) groups is 1. The highest BCUT2D eigenvalue weighted by molar-refractivity contribution is 5.79. The largest absolute Gasteiger partial charge is 0.355 e. The van der Waals surface area contributed by atoms with Gasteiger partial charge in [0.15, 0.2) is 5.82 Å². The van der Waals surface area contributed by atoms with Crippen LogP contribution < -0.4 is 10.2 Å². The van der Waals surface area contributed by atoms with Crippen molar-refractivity contribution in [3.8, 4) is 11.3 Å². The summed E-state index contributed by atoms with van der Waals surface area (Å²) in [4.78, 5) is 17.6. The van der Waals surface area contributed by atoms with Gasteiger partial charge in [0.05, 0.1) is 5.69 Å². The molecule has 2 aliphatic heterocycles. The van der Waals surface area contributed by atoms with Gasteiger partial charge < -0.3 is 10.2 Å². The Labute approximate surface area is 202 Å². The van der Waals surface area contributed by atoms with Crippen LogP contribution in [0.2, 0.25) is 0 Å². The first-order chi connectivity index (χ1) is 16.7. The zero-order valence-corrected chi connectivity index (χ0v) is 19.6. The number of anilines is 1. The van der Waals surface area contributed by atoms with E-state index >= 15 is 0 Å². The first-order valence-corrected chi connectivity index (χ1v) is 12.5. The van der Waals surface area contributed by atoms with Gasteiger partial charge in [-0.3, -0.25) is 9.69 Å². The first-order valence-electron chi connectivity index (χ1n) is 12.5. The number of benzene rings is 2. The standard InChI is InChI=1S/C28H33N5O/c34-28(29-25-15-17-32(18-16-25)21-22-7-3-1-4-8-22)24-13-19-33(20-14-24)27-12-11-26(30-31-27)23-9-5-2-6-10-23/h1-12,24-25H,13-21H2,(H,29,34). The molecule has 3 heterocycles. The van der Waals surface area contributed by atoms with Gasteiger partial charge in [-0.2, -0.15) is 0 Å². The minimum atomic E-state index is 0.0927. The summed E-state index contributed by atoms with van der Waals surface area (Å²) in [6.45, 7) is 4.75. The number of hydrogen-bond donors (Lipinski definition) is 1. The molecule has 0 radical (unpaired) electrons. The number of rotatable bonds is 6. The molecule has 6 nitrogen and oxygen atoms in total. The summed E-state index contributed by atoms with van der Waals surface area (Å²) in [5.74, 6) is 1.21. The Morgan fingerprint density at radius 1 is 0.794 bits per heavy atom. The van der Waals surface area contributed by atoms with Crippen LogP contribution in [0.25, 0.3) is 11.3 Å². The number of piperidine rings is 2. The molecule has 0 atom stereocenters. The number of amides is 1. The van der Waals surface area contributed by atoms with Crippen molar-refractivity contribution in [2.24, 2.45) is 5.92 Å². The molecule has 34 heavy (non-hydrogen) atoms. The van der Waals surface area contributed by atoms with Crippen LogP contribution >= 0.6 is 0 Å². The van der Waals surface area contributed by atoms with Crippen molar-refractivity contribution in [1.29, 1.82) is 0 Å². The van der Waals surface area contributed by atoms with E-state index in [2.05, 4.69) is 55.6 Å². The second-order valence-corrected chi connectivity index (χ2v) is 9.45. The van der Waals surface area contributed by atoms with Crippen LogP contribution in [-0.2, 0) is 11.3 Å². The van der Waals surface area contributed by atoms with Gasteiger partial charge in [0.1, 0.15) is 0 Å². The van der Waals surface area contributed by atoms with Crippen LogP contribution in [0, 0.1) is 5.92 Å². The van der Waals surface area contributed by atoms with E-state index in [4.69, 9.17) is 0 Å². The molecule has 6 heteroatoms. The number of nitrogens with zero attached hydrogens (tertiary/aromatic N) is 4. The fourth-order valence-corrected chi connectivity index (χ4v) is 5.02. The van der Waals surface area contributed by atoms with E-state index in [1.165, 1.54) is 5.56 Å². The maximum atomic E-state index is 12.9. The lowest BCUT2D eigenvalue weighted by atomic mass is 9.94. The Morgan fingerprint density at radius 2 is 1.47 bits per heavy atom. The molecular formula is C28H33N5O. The Hall–Kier alpha value is -3.25. The Balaban J connectivity index is 1.06. The summed E-state index contributed by atoms with van der Waals surface area (Å²) in [6, 6.07) is 25.1. The average molecular weight is 456 g/mol. The zero-order valence-electron chi connectivity index (χ0n) is 19.6. The number of hydrogen-bond acceptors (Lipinski definition) is 5. The lowest BCUT2D eigenvalue weighted by Gasteiger charge is -2.35. The maximum Gasteiger partial charge on any atom is 0.223 e. The van der Waals surface area contributed by atoms with E-state index in [1.807, 2.05) is 42.5 Å². The molecule has 176 valence electrons. The third kappa shape index (κ3) is 5.62. The molecule has 2 aliphatic rings. The Kier molecular flexibility index (Phi) is 7.15. The molecule has 1 amide bonds. The maximum absolute atomic E-state index is 12.9. The van der Waals surface area contributed by atoms with Crippen LogP contribution in [0.15, 0.2) is 72.8 Å². The second kappa shape index (κ2) is 10.8. The van der Waals surface area contributed by atoms with Crippen molar-refractivity contribution in [2.45, 2.75) is 38.3 Å². The van der Waals surface area contributed by atoms with Crippen molar-refractivity contribution in [1.82, 2.24) is 20.4 Å². The van der Waals surface area contributed by atoms with Gasteiger partial charge in [-0.05, 0) is 43.4 Å². The third-order valence-corrected chi connectivity index (χ3v) is 7.09. The lowest BCUT2D eigenvalue weighted by Crippen LogP contribution is -2.48. The minimum absolute atomic E-state index is 0.0927. The molecule has 5 rings (SSSR count). The van der Waals surface area contributed by atoms with Crippen molar-refractivity contribution in [3.05, 3.63) is 78.4 Å². The van der Waals surface area contributed by atoms with Gasteiger partial charge in [-0.25, -0.2) is 0 Å². The molecule has 3 aromatic rings. The van der Waals surface area contributed by atoms with Crippen molar-refractivity contribution in [2.75, 3.05) is 31.1 Å². The van der Waals surface area contributed by atoms with Gasteiger partial charge in [0.2, 0.25) is 5.91 Å². The van der Waals surface area contributed by atoms with E-state index in [0.717, 1.165) is 75.5 Å². The van der Waals surface area contributed by atoms with E-state index in [-0.39, 0.29) is 11.8 Å². The average Bonchev–Trinajstić information content (AvgIpc) is 2.91. The predicted octanol–water partition coefficient (Wildman–Crippen LogP) is 4.14. The quantitative estimate of drug-likeness (QED) is 0.605. The summed E-state index contributed by atoms with van der Waals surface area (Å²) >= 11 is 0. The highest BCUT2D eigenvalue weighted by Crippen LogP contribution is 2.24. The number of carbonyl (C=O) groups excluding carboxylic acids is 1. The summed E-state index contributed by atoms with van der Waals surface area (Å²) < 4.78 is 0. The molecule has 0 saturated carbocycles. The van der Waals surface area contributed by atoms with Gasteiger partial charge in [-0.15, -0.1) is 10.2 Å². The predicted molar refractivity (Wildman–Crippen MR) is 135 cm³/mol. The third-order valence-electron chi connectivity index (χ3n) is 7.09. The zero-order chi connectivity index (χ0) is 23.2. The highest BCUT2D eigenvalue weighted by atomic mass is 16.2. The summed E-state index contributed by atoms with van der Waals surface area (Å²) in [6.07, 6.45) is 3.78. The summed E-state index contributed by atoms with van der Waals surface area (Å²) in [5, 5.41) is 12.2. The molecule has 1 aromatic heterocycles. The molecular weight excluding hydrogens is 422 g/mol. The smallest absolute Gasteiger partial charge is 0.223 e. The molecule has 0 bridgehead atoms. The molecule has 2 saturated heterocycles. The minimum Gasteiger partial charge on any atom is -0.355 e.